The summed E-state index contributed by atoms with van der Waals surface area (Å²) < 4.78 is 38.0. The van der Waals surface area contributed by atoms with E-state index in [2.05, 4.69) is 10.5 Å². The SMILES string of the molecule is CC(NCC(C(N)=NO)C(F)(F)F)C1CCCC1. The smallest absolute Gasteiger partial charge is 0.400 e. The molecule has 1 aliphatic rings. The quantitative estimate of drug-likeness (QED) is 0.309. The van der Waals surface area contributed by atoms with E-state index in [0.717, 1.165) is 25.7 Å². The Labute approximate surface area is 104 Å². The predicted molar refractivity (Wildman–Crippen MR) is 62.4 cm³/mol. The summed E-state index contributed by atoms with van der Waals surface area (Å²) >= 11 is 0. The largest absolute Gasteiger partial charge is 0.409 e. The second-order valence-corrected chi connectivity index (χ2v) is 4.86. The Hall–Kier alpha value is -0.980. The standard InChI is InChI=1S/C11H20F3N3O/c1-7(8-4-2-3-5-8)16-6-9(10(15)17-18)11(12,13)14/h7-9,16,18H,2-6H2,1H3,(H2,15,17). The molecule has 4 nitrogen and oxygen atoms in total. The number of nitrogens with one attached hydrogen (secondary N) is 1. The molecular formula is C11H20F3N3O. The summed E-state index contributed by atoms with van der Waals surface area (Å²) in [6, 6.07) is 0.0174. The van der Waals surface area contributed by atoms with Gasteiger partial charge in [0.2, 0.25) is 0 Å². The van der Waals surface area contributed by atoms with Crippen LogP contribution in [0.1, 0.15) is 32.6 Å². The minimum Gasteiger partial charge on any atom is -0.409 e. The van der Waals surface area contributed by atoms with Crippen molar-refractivity contribution in [1.82, 2.24) is 5.32 Å². The van der Waals surface area contributed by atoms with Crippen LogP contribution < -0.4 is 11.1 Å². The van der Waals surface area contributed by atoms with Gasteiger partial charge < -0.3 is 16.3 Å². The van der Waals surface area contributed by atoms with Crippen molar-refractivity contribution in [3.8, 4) is 0 Å². The molecule has 0 aromatic heterocycles. The number of hydrogen-bond acceptors (Lipinski definition) is 3. The molecule has 1 rings (SSSR count). The van der Waals surface area contributed by atoms with Crippen molar-refractivity contribution in [3.05, 3.63) is 0 Å². The monoisotopic (exact) mass is 267 g/mol. The number of oxime groups is 1. The van der Waals surface area contributed by atoms with Crippen molar-refractivity contribution in [3.63, 3.8) is 0 Å². The van der Waals surface area contributed by atoms with Gasteiger partial charge in [-0.15, -0.1) is 0 Å². The van der Waals surface area contributed by atoms with Gasteiger partial charge in [-0.1, -0.05) is 18.0 Å². The fourth-order valence-corrected chi connectivity index (χ4v) is 2.39. The predicted octanol–water partition coefficient (Wildman–Crippen LogP) is 2.08. The Morgan fingerprint density at radius 3 is 2.44 bits per heavy atom. The molecule has 0 aromatic rings. The third-order valence-electron chi connectivity index (χ3n) is 3.62. The maximum atomic E-state index is 12.7. The van der Waals surface area contributed by atoms with Crippen LogP contribution in [0.2, 0.25) is 0 Å². The molecule has 2 atom stereocenters. The average molecular weight is 267 g/mol. The molecule has 0 spiro atoms. The lowest BCUT2D eigenvalue weighted by Gasteiger charge is -2.25. The van der Waals surface area contributed by atoms with Crippen LogP contribution in [0.3, 0.4) is 0 Å². The number of amidine groups is 1. The molecule has 0 aliphatic heterocycles. The summed E-state index contributed by atoms with van der Waals surface area (Å²) in [5, 5.41) is 13.7. The second-order valence-electron chi connectivity index (χ2n) is 4.86. The number of hydrogen-bond donors (Lipinski definition) is 3. The normalized spacial score (nSPS) is 22.1. The Bertz CT molecular complexity index is 288. The third-order valence-corrected chi connectivity index (χ3v) is 3.62. The number of nitrogens with two attached hydrogens (primary N) is 1. The molecule has 0 radical (unpaired) electrons. The summed E-state index contributed by atoms with van der Waals surface area (Å²) in [5.74, 6) is -2.31. The molecular weight excluding hydrogens is 247 g/mol. The van der Waals surface area contributed by atoms with Crippen LogP contribution in [0.15, 0.2) is 5.16 Å². The van der Waals surface area contributed by atoms with Crippen molar-refractivity contribution in [2.45, 2.75) is 44.8 Å². The first-order valence-corrected chi connectivity index (χ1v) is 6.13. The molecule has 2 unspecified atom stereocenters. The zero-order valence-corrected chi connectivity index (χ0v) is 10.4. The highest BCUT2D eigenvalue weighted by Crippen LogP contribution is 2.29. The number of alkyl halides is 3. The Morgan fingerprint density at radius 2 is 2.00 bits per heavy atom. The number of nitrogens with zero attached hydrogens (tertiary/aromatic N) is 1. The fraction of sp³-hybridized carbons (Fsp3) is 0.909. The molecule has 0 bridgehead atoms. The maximum absolute atomic E-state index is 12.7. The van der Waals surface area contributed by atoms with Crippen molar-refractivity contribution in [2.75, 3.05) is 6.54 Å². The lowest BCUT2D eigenvalue weighted by Crippen LogP contribution is -2.46. The summed E-state index contributed by atoms with van der Waals surface area (Å²) in [6.45, 7) is 1.53. The average Bonchev–Trinajstić information content (AvgIpc) is 2.80. The second kappa shape index (κ2) is 6.26. The molecule has 1 fully saturated rings. The molecule has 7 heteroatoms. The fourth-order valence-electron chi connectivity index (χ4n) is 2.39. The third kappa shape index (κ3) is 4.04. The van der Waals surface area contributed by atoms with Crippen LogP contribution in [0.25, 0.3) is 0 Å². The topological polar surface area (TPSA) is 70.6 Å². The lowest BCUT2D eigenvalue weighted by molar-refractivity contribution is -0.155. The number of rotatable bonds is 5. The van der Waals surface area contributed by atoms with Crippen LogP contribution in [0, 0.1) is 11.8 Å². The molecule has 0 aromatic carbocycles. The van der Waals surface area contributed by atoms with Gasteiger partial charge in [0.15, 0.2) is 5.84 Å². The van der Waals surface area contributed by atoms with Crippen molar-refractivity contribution in [2.24, 2.45) is 22.7 Å². The summed E-state index contributed by atoms with van der Waals surface area (Å²) in [5.41, 5.74) is 5.08. The van der Waals surface area contributed by atoms with Gasteiger partial charge in [-0.25, -0.2) is 0 Å². The van der Waals surface area contributed by atoms with E-state index in [-0.39, 0.29) is 12.6 Å². The first kappa shape index (κ1) is 15.1. The van der Waals surface area contributed by atoms with Gasteiger partial charge in [0, 0.05) is 12.6 Å². The van der Waals surface area contributed by atoms with Crippen LogP contribution in [-0.2, 0) is 0 Å². The van der Waals surface area contributed by atoms with E-state index in [1.54, 1.807) is 0 Å². The van der Waals surface area contributed by atoms with Gasteiger partial charge in [-0.2, -0.15) is 13.2 Å². The van der Waals surface area contributed by atoms with Gasteiger partial charge in [0.25, 0.3) is 0 Å². The molecule has 0 heterocycles. The first-order chi connectivity index (χ1) is 8.36. The van der Waals surface area contributed by atoms with E-state index >= 15 is 0 Å². The van der Waals surface area contributed by atoms with Crippen molar-refractivity contribution in [1.29, 1.82) is 0 Å². The molecule has 18 heavy (non-hydrogen) atoms. The van der Waals surface area contributed by atoms with Crippen LogP contribution in [0.4, 0.5) is 13.2 Å². The van der Waals surface area contributed by atoms with Gasteiger partial charge >= 0.3 is 6.18 Å². The molecule has 0 saturated heterocycles. The van der Waals surface area contributed by atoms with Gasteiger partial charge in [-0.3, -0.25) is 0 Å². The van der Waals surface area contributed by atoms with E-state index < -0.39 is 17.9 Å². The highest BCUT2D eigenvalue weighted by atomic mass is 19.4. The van der Waals surface area contributed by atoms with Gasteiger partial charge in [-0.05, 0) is 25.7 Å². The molecule has 4 N–H and O–H groups in total. The summed E-state index contributed by atoms with van der Waals surface area (Å²) in [4.78, 5) is 0. The van der Waals surface area contributed by atoms with Crippen LogP contribution in [-0.4, -0.2) is 29.8 Å². The molecule has 1 aliphatic carbocycles. The summed E-state index contributed by atoms with van der Waals surface area (Å²) in [7, 11) is 0. The van der Waals surface area contributed by atoms with E-state index in [1.807, 2.05) is 6.92 Å². The number of halogens is 3. The zero-order valence-electron chi connectivity index (χ0n) is 10.4. The Balaban J connectivity index is 2.51. The Morgan fingerprint density at radius 1 is 1.44 bits per heavy atom. The van der Waals surface area contributed by atoms with Crippen molar-refractivity contribution >= 4 is 5.84 Å². The molecule has 0 amide bonds. The van der Waals surface area contributed by atoms with Gasteiger partial charge in [0.05, 0.1) is 0 Å². The maximum Gasteiger partial charge on any atom is 0.400 e. The highest BCUT2D eigenvalue weighted by molar-refractivity contribution is 5.83. The molecule has 1 saturated carbocycles. The van der Waals surface area contributed by atoms with E-state index in [1.165, 1.54) is 0 Å². The Kier molecular flexibility index (Phi) is 5.25. The molecule has 106 valence electrons. The minimum atomic E-state index is -4.50. The van der Waals surface area contributed by atoms with Crippen molar-refractivity contribution < 1.29 is 18.4 Å². The zero-order chi connectivity index (χ0) is 13.8. The summed E-state index contributed by atoms with van der Waals surface area (Å²) in [6.07, 6.45) is -0.124. The van der Waals surface area contributed by atoms with E-state index in [4.69, 9.17) is 10.9 Å². The first-order valence-electron chi connectivity index (χ1n) is 6.13. The van der Waals surface area contributed by atoms with Crippen LogP contribution in [0.5, 0.6) is 0 Å². The minimum absolute atomic E-state index is 0.0174. The lowest BCUT2D eigenvalue weighted by atomic mass is 9.98. The van der Waals surface area contributed by atoms with E-state index in [9.17, 15) is 13.2 Å². The van der Waals surface area contributed by atoms with E-state index in [0.29, 0.717) is 5.92 Å². The van der Waals surface area contributed by atoms with Crippen LogP contribution >= 0.6 is 0 Å². The highest BCUT2D eigenvalue weighted by Gasteiger charge is 2.42. The van der Waals surface area contributed by atoms with Gasteiger partial charge in [0.1, 0.15) is 5.92 Å².